The Kier molecular flexibility index (Phi) is 4.86. The maximum absolute atomic E-state index is 12.2. The van der Waals surface area contributed by atoms with Crippen molar-refractivity contribution in [1.82, 2.24) is 0 Å². The van der Waals surface area contributed by atoms with Gasteiger partial charge in [-0.05, 0) is 36.4 Å². The van der Waals surface area contributed by atoms with E-state index in [-0.39, 0.29) is 6.42 Å². The first kappa shape index (κ1) is 13.9. The van der Waals surface area contributed by atoms with Crippen LogP contribution in [0.1, 0.15) is 18.4 Å². The summed E-state index contributed by atoms with van der Waals surface area (Å²) in [4.78, 5) is 10.9. The number of carboxylic acid groups (broad SMARTS) is 1. The Morgan fingerprint density at radius 3 is 2.29 bits per heavy atom. The third-order valence-corrected chi connectivity index (χ3v) is 3.08. The molecular formula is C11H11F3O2S. The highest BCUT2D eigenvalue weighted by atomic mass is 32.2. The fraction of sp³-hybridized carbons (Fsp3) is 0.364. The Hall–Kier alpha value is -1.17. The van der Waals surface area contributed by atoms with Crippen LogP contribution in [0.15, 0.2) is 29.2 Å². The van der Waals surface area contributed by atoms with Crippen molar-refractivity contribution in [2.24, 2.45) is 0 Å². The Morgan fingerprint density at radius 2 is 1.82 bits per heavy atom. The van der Waals surface area contributed by atoms with E-state index in [1.807, 2.05) is 0 Å². The second kappa shape index (κ2) is 5.95. The number of hydrogen-bond donors (Lipinski definition) is 1. The molecule has 6 heteroatoms. The van der Waals surface area contributed by atoms with Crippen LogP contribution in [-0.4, -0.2) is 16.8 Å². The third-order valence-electron chi connectivity index (χ3n) is 1.99. The molecule has 0 aliphatic rings. The lowest BCUT2D eigenvalue weighted by molar-refractivity contribution is -0.138. The van der Waals surface area contributed by atoms with Gasteiger partial charge in [-0.1, -0.05) is 0 Å². The summed E-state index contributed by atoms with van der Waals surface area (Å²) in [6.07, 6.45) is -3.73. The van der Waals surface area contributed by atoms with E-state index in [0.717, 1.165) is 12.1 Å². The van der Waals surface area contributed by atoms with E-state index in [2.05, 4.69) is 0 Å². The molecule has 0 aromatic heterocycles. The number of alkyl halides is 3. The molecule has 1 aromatic carbocycles. The zero-order valence-electron chi connectivity index (χ0n) is 8.83. The molecule has 94 valence electrons. The molecule has 0 saturated heterocycles. The van der Waals surface area contributed by atoms with Gasteiger partial charge in [0.25, 0.3) is 0 Å². The summed E-state index contributed by atoms with van der Waals surface area (Å²) in [5.74, 6) is -0.282. The number of carboxylic acids is 1. The summed E-state index contributed by atoms with van der Waals surface area (Å²) in [6, 6.07) is 4.85. The minimum atomic E-state index is -4.31. The molecule has 0 spiro atoms. The smallest absolute Gasteiger partial charge is 0.416 e. The molecule has 0 atom stereocenters. The lowest BCUT2D eigenvalue weighted by Gasteiger charge is -2.07. The Balaban J connectivity index is 2.43. The highest BCUT2D eigenvalue weighted by Crippen LogP contribution is 2.30. The van der Waals surface area contributed by atoms with Gasteiger partial charge in [-0.15, -0.1) is 11.8 Å². The molecule has 2 nitrogen and oxygen atoms in total. The molecule has 0 saturated carbocycles. The quantitative estimate of drug-likeness (QED) is 0.651. The second-order valence-corrected chi connectivity index (χ2v) is 4.54. The van der Waals surface area contributed by atoms with Gasteiger partial charge >= 0.3 is 12.1 Å². The van der Waals surface area contributed by atoms with Crippen molar-refractivity contribution in [2.75, 3.05) is 5.75 Å². The highest BCUT2D eigenvalue weighted by Gasteiger charge is 2.29. The number of rotatable bonds is 5. The van der Waals surface area contributed by atoms with Gasteiger partial charge in [-0.2, -0.15) is 13.2 Å². The lowest BCUT2D eigenvalue weighted by Crippen LogP contribution is -2.03. The maximum atomic E-state index is 12.2. The first-order valence-electron chi connectivity index (χ1n) is 4.91. The van der Waals surface area contributed by atoms with Crippen molar-refractivity contribution in [3.63, 3.8) is 0 Å². The van der Waals surface area contributed by atoms with Crippen molar-refractivity contribution in [3.8, 4) is 0 Å². The largest absolute Gasteiger partial charge is 0.481 e. The van der Waals surface area contributed by atoms with Crippen molar-refractivity contribution < 1.29 is 23.1 Å². The predicted octanol–water partition coefficient (Wildman–Crippen LogP) is 3.66. The van der Waals surface area contributed by atoms with Gasteiger partial charge in [0.15, 0.2) is 0 Å². The summed E-state index contributed by atoms with van der Waals surface area (Å²) in [6.45, 7) is 0. The van der Waals surface area contributed by atoms with E-state index in [1.165, 1.54) is 23.9 Å². The molecular weight excluding hydrogens is 253 g/mol. The molecule has 0 aliphatic carbocycles. The topological polar surface area (TPSA) is 37.3 Å². The van der Waals surface area contributed by atoms with E-state index in [1.54, 1.807) is 0 Å². The molecule has 0 heterocycles. The van der Waals surface area contributed by atoms with Gasteiger partial charge in [-0.25, -0.2) is 0 Å². The highest BCUT2D eigenvalue weighted by molar-refractivity contribution is 7.99. The van der Waals surface area contributed by atoms with Crippen molar-refractivity contribution in [3.05, 3.63) is 29.8 Å². The van der Waals surface area contributed by atoms with Crippen LogP contribution in [0, 0.1) is 0 Å². The number of carbonyl (C=O) groups is 1. The Labute approximate surface area is 101 Å². The third kappa shape index (κ3) is 5.12. The summed E-state index contributed by atoms with van der Waals surface area (Å²) in [7, 11) is 0. The molecule has 1 N–H and O–H groups in total. The lowest BCUT2D eigenvalue weighted by atomic mass is 10.2. The summed E-state index contributed by atoms with van der Waals surface area (Å²) >= 11 is 1.35. The van der Waals surface area contributed by atoms with Gasteiger partial charge < -0.3 is 5.11 Å². The zero-order chi connectivity index (χ0) is 12.9. The van der Waals surface area contributed by atoms with E-state index >= 15 is 0 Å². The molecule has 17 heavy (non-hydrogen) atoms. The van der Waals surface area contributed by atoms with Crippen molar-refractivity contribution in [2.45, 2.75) is 23.9 Å². The molecule has 0 aliphatic heterocycles. The first-order valence-corrected chi connectivity index (χ1v) is 5.90. The maximum Gasteiger partial charge on any atom is 0.416 e. The van der Waals surface area contributed by atoms with E-state index in [0.29, 0.717) is 17.1 Å². The average Bonchev–Trinajstić information content (AvgIpc) is 2.23. The molecule has 1 rings (SSSR count). The fourth-order valence-electron chi connectivity index (χ4n) is 1.15. The molecule has 0 fully saturated rings. The van der Waals surface area contributed by atoms with Gasteiger partial charge in [0.2, 0.25) is 0 Å². The minimum absolute atomic E-state index is 0.0770. The van der Waals surface area contributed by atoms with Crippen molar-refractivity contribution in [1.29, 1.82) is 0 Å². The van der Waals surface area contributed by atoms with Gasteiger partial charge in [-0.3, -0.25) is 4.79 Å². The minimum Gasteiger partial charge on any atom is -0.481 e. The first-order chi connectivity index (χ1) is 7.89. The van der Waals surface area contributed by atoms with E-state index in [4.69, 9.17) is 5.11 Å². The normalized spacial score (nSPS) is 11.5. The van der Waals surface area contributed by atoms with Crippen LogP contribution in [0.2, 0.25) is 0 Å². The standard InChI is InChI=1S/C11H11F3O2S/c12-11(13,14)8-3-5-9(6-4-8)17-7-1-2-10(15)16/h3-6H,1-2,7H2,(H,15,16). The summed E-state index contributed by atoms with van der Waals surface area (Å²) in [5.41, 5.74) is -0.674. The molecule has 0 bridgehead atoms. The Bertz CT molecular complexity index is 373. The fourth-order valence-corrected chi connectivity index (χ4v) is 2.01. The molecule has 1 aromatic rings. The van der Waals surface area contributed by atoms with E-state index in [9.17, 15) is 18.0 Å². The predicted molar refractivity (Wildman–Crippen MR) is 59.0 cm³/mol. The number of halogens is 3. The monoisotopic (exact) mass is 264 g/mol. The average molecular weight is 264 g/mol. The van der Waals surface area contributed by atoms with Crippen LogP contribution < -0.4 is 0 Å². The van der Waals surface area contributed by atoms with Crippen LogP contribution in [0.25, 0.3) is 0 Å². The van der Waals surface area contributed by atoms with Crippen LogP contribution in [-0.2, 0) is 11.0 Å². The molecule has 0 unspecified atom stereocenters. The van der Waals surface area contributed by atoms with Gasteiger partial charge in [0.05, 0.1) is 5.56 Å². The van der Waals surface area contributed by atoms with Crippen LogP contribution in [0.3, 0.4) is 0 Å². The Morgan fingerprint density at radius 1 is 1.24 bits per heavy atom. The van der Waals surface area contributed by atoms with E-state index < -0.39 is 17.7 Å². The van der Waals surface area contributed by atoms with Gasteiger partial charge in [0.1, 0.15) is 0 Å². The molecule has 0 radical (unpaired) electrons. The number of hydrogen-bond acceptors (Lipinski definition) is 2. The summed E-state index contributed by atoms with van der Waals surface area (Å²) in [5, 5.41) is 8.40. The molecule has 0 amide bonds. The number of thioether (sulfide) groups is 1. The SMILES string of the molecule is O=C(O)CCCSc1ccc(C(F)(F)F)cc1. The van der Waals surface area contributed by atoms with Crippen LogP contribution in [0.4, 0.5) is 13.2 Å². The van der Waals surface area contributed by atoms with Crippen LogP contribution in [0.5, 0.6) is 0 Å². The summed E-state index contributed by atoms with van der Waals surface area (Å²) < 4.78 is 36.7. The van der Waals surface area contributed by atoms with Crippen LogP contribution >= 0.6 is 11.8 Å². The number of benzene rings is 1. The van der Waals surface area contributed by atoms with Gasteiger partial charge in [0, 0.05) is 11.3 Å². The number of aliphatic carboxylic acids is 1. The second-order valence-electron chi connectivity index (χ2n) is 3.37. The zero-order valence-corrected chi connectivity index (χ0v) is 9.64. The van der Waals surface area contributed by atoms with Crippen molar-refractivity contribution >= 4 is 17.7 Å².